The second-order valence-corrected chi connectivity index (χ2v) is 10.8. The predicted octanol–water partition coefficient (Wildman–Crippen LogP) is 3.64. The highest BCUT2D eigenvalue weighted by molar-refractivity contribution is 5.84. The number of nitrogens with one attached hydrogen (secondary N) is 1. The number of rotatable bonds is 2. The average Bonchev–Trinajstić information content (AvgIpc) is 2.68. The first-order chi connectivity index (χ1) is 13.5. The van der Waals surface area contributed by atoms with Crippen LogP contribution in [0.25, 0.3) is 0 Å². The molecule has 6 fully saturated rings. The van der Waals surface area contributed by atoms with E-state index in [0.29, 0.717) is 44.0 Å². The van der Waals surface area contributed by atoms with Crippen LogP contribution in [0, 0.1) is 29.1 Å². The van der Waals surface area contributed by atoms with Gasteiger partial charge in [0.2, 0.25) is 5.91 Å². The van der Waals surface area contributed by atoms with Gasteiger partial charge in [-0.1, -0.05) is 19.8 Å². The first kappa shape index (κ1) is 18.7. The molecule has 0 aromatic rings. The van der Waals surface area contributed by atoms with Gasteiger partial charge in [0.15, 0.2) is 0 Å². The minimum Gasteiger partial charge on any atom is -0.339 e. The lowest BCUT2D eigenvalue weighted by Gasteiger charge is -2.57. The van der Waals surface area contributed by atoms with E-state index in [1.165, 1.54) is 38.5 Å². The Morgan fingerprint density at radius 1 is 0.821 bits per heavy atom. The third kappa shape index (κ3) is 3.33. The Balaban J connectivity index is 1.16. The van der Waals surface area contributed by atoms with Crippen LogP contribution in [0.1, 0.15) is 71.1 Å². The van der Waals surface area contributed by atoms with Gasteiger partial charge >= 0.3 is 6.03 Å². The van der Waals surface area contributed by atoms with Crippen LogP contribution in [-0.4, -0.2) is 54.0 Å². The van der Waals surface area contributed by atoms with Crippen LogP contribution >= 0.6 is 0 Å². The van der Waals surface area contributed by atoms with E-state index < -0.39 is 0 Å². The molecule has 2 unspecified atom stereocenters. The molecule has 0 aromatic carbocycles. The van der Waals surface area contributed by atoms with E-state index in [9.17, 15) is 9.59 Å². The number of nitrogens with zero attached hydrogens (tertiary/aromatic N) is 2. The van der Waals surface area contributed by atoms with Crippen molar-refractivity contribution in [2.24, 2.45) is 29.1 Å². The SMILES string of the molecule is CC1CCCCC1NC(=O)N1CCN(C(=O)C23CC4CC(CC(C4)C2)C3)CC1. The van der Waals surface area contributed by atoms with E-state index in [1.807, 2.05) is 4.90 Å². The Morgan fingerprint density at radius 2 is 1.36 bits per heavy atom. The molecule has 1 saturated heterocycles. The van der Waals surface area contributed by atoms with E-state index in [-0.39, 0.29) is 11.4 Å². The van der Waals surface area contributed by atoms with Crippen molar-refractivity contribution in [3.05, 3.63) is 0 Å². The minimum absolute atomic E-state index is 0.0449. The molecule has 6 aliphatic rings. The molecule has 5 aliphatic carbocycles. The molecule has 28 heavy (non-hydrogen) atoms. The zero-order chi connectivity index (χ0) is 19.3. The maximum absolute atomic E-state index is 13.5. The van der Waals surface area contributed by atoms with Crippen molar-refractivity contribution < 1.29 is 9.59 Å². The molecule has 5 heteroatoms. The maximum Gasteiger partial charge on any atom is 0.317 e. The topological polar surface area (TPSA) is 52.7 Å². The molecule has 156 valence electrons. The minimum atomic E-state index is -0.0449. The standard InChI is InChI=1S/C23H37N3O2/c1-16-4-2-3-5-20(16)24-22(28)26-8-6-25(7-9-26)21(27)23-13-17-10-18(14-23)12-19(11-17)15-23/h16-20H,2-15H2,1H3,(H,24,28). The summed E-state index contributed by atoms with van der Waals surface area (Å²) in [6.45, 7) is 5.06. The molecule has 2 atom stereocenters. The van der Waals surface area contributed by atoms with Crippen molar-refractivity contribution >= 4 is 11.9 Å². The Bertz CT molecular complexity index is 590. The molecule has 0 aromatic heterocycles. The first-order valence-corrected chi connectivity index (χ1v) is 11.9. The number of carbonyl (C=O) groups is 2. The fraction of sp³-hybridized carbons (Fsp3) is 0.913. The lowest BCUT2D eigenvalue weighted by molar-refractivity contribution is -0.159. The smallest absolute Gasteiger partial charge is 0.317 e. The van der Waals surface area contributed by atoms with Crippen LogP contribution < -0.4 is 5.32 Å². The summed E-state index contributed by atoms with van der Waals surface area (Å²) in [7, 11) is 0. The van der Waals surface area contributed by atoms with Crippen LogP contribution in [0.3, 0.4) is 0 Å². The summed E-state index contributed by atoms with van der Waals surface area (Å²) in [5, 5.41) is 3.27. The summed E-state index contributed by atoms with van der Waals surface area (Å²) in [6.07, 6.45) is 12.4. The van der Waals surface area contributed by atoms with Gasteiger partial charge in [0.05, 0.1) is 5.41 Å². The molecule has 1 aliphatic heterocycles. The van der Waals surface area contributed by atoms with Crippen molar-refractivity contribution in [3.8, 4) is 0 Å². The second kappa shape index (κ2) is 7.21. The molecular weight excluding hydrogens is 350 g/mol. The van der Waals surface area contributed by atoms with E-state index in [1.54, 1.807) is 0 Å². The number of hydrogen-bond donors (Lipinski definition) is 1. The largest absolute Gasteiger partial charge is 0.339 e. The van der Waals surface area contributed by atoms with Crippen molar-refractivity contribution in [3.63, 3.8) is 0 Å². The second-order valence-electron chi connectivity index (χ2n) is 10.8. The maximum atomic E-state index is 13.5. The molecule has 4 bridgehead atoms. The first-order valence-electron chi connectivity index (χ1n) is 11.9. The van der Waals surface area contributed by atoms with Gasteiger partial charge in [-0.05, 0) is 75.0 Å². The fourth-order valence-electron chi connectivity index (χ4n) is 7.60. The Morgan fingerprint density at radius 3 is 1.93 bits per heavy atom. The zero-order valence-electron chi connectivity index (χ0n) is 17.5. The van der Waals surface area contributed by atoms with Gasteiger partial charge in [-0.25, -0.2) is 4.79 Å². The molecule has 1 N–H and O–H groups in total. The number of piperazine rings is 1. The lowest BCUT2D eigenvalue weighted by Crippen LogP contribution is -2.60. The van der Waals surface area contributed by atoms with Gasteiger partial charge in [-0.15, -0.1) is 0 Å². The quantitative estimate of drug-likeness (QED) is 0.786. The summed E-state index contributed by atoms with van der Waals surface area (Å²) in [4.78, 5) is 30.2. The van der Waals surface area contributed by atoms with E-state index >= 15 is 0 Å². The van der Waals surface area contributed by atoms with Crippen molar-refractivity contribution in [1.29, 1.82) is 0 Å². The highest BCUT2D eigenvalue weighted by Crippen LogP contribution is 2.60. The highest BCUT2D eigenvalue weighted by atomic mass is 16.2. The predicted molar refractivity (Wildman–Crippen MR) is 109 cm³/mol. The zero-order valence-corrected chi connectivity index (χ0v) is 17.5. The molecule has 0 radical (unpaired) electrons. The van der Waals surface area contributed by atoms with Crippen molar-refractivity contribution in [2.75, 3.05) is 26.2 Å². The Labute approximate surface area is 169 Å². The van der Waals surface area contributed by atoms with Gasteiger partial charge in [-0.2, -0.15) is 0 Å². The van der Waals surface area contributed by atoms with Gasteiger partial charge in [0.25, 0.3) is 0 Å². The van der Waals surface area contributed by atoms with Crippen LogP contribution in [0.2, 0.25) is 0 Å². The summed E-state index contributed by atoms with van der Waals surface area (Å²) in [6, 6.07) is 0.411. The third-order valence-corrected chi connectivity index (χ3v) is 8.77. The molecule has 3 amide bonds. The highest BCUT2D eigenvalue weighted by Gasteiger charge is 2.55. The summed E-state index contributed by atoms with van der Waals surface area (Å²) >= 11 is 0. The van der Waals surface area contributed by atoms with Crippen LogP contribution in [0.4, 0.5) is 4.79 Å². The third-order valence-electron chi connectivity index (χ3n) is 8.77. The fourth-order valence-corrected chi connectivity index (χ4v) is 7.60. The number of amides is 3. The Hall–Kier alpha value is -1.26. The number of urea groups is 1. The monoisotopic (exact) mass is 387 g/mol. The summed E-state index contributed by atoms with van der Waals surface area (Å²) in [5.41, 5.74) is -0.0449. The lowest BCUT2D eigenvalue weighted by atomic mass is 9.49. The summed E-state index contributed by atoms with van der Waals surface area (Å²) < 4.78 is 0. The van der Waals surface area contributed by atoms with Crippen LogP contribution in [0.5, 0.6) is 0 Å². The van der Waals surface area contributed by atoms with Gasteiger partial charge in [0.1, 0.15) is 0 Å². The summed E-state index contributed by atoms with van der Waals surface area (Å²) in [5.74, 6) is 3.42. The normalized spacial score (nSPS) is 42.5. The Kier molecular flexibility index (Phi) is 4.83. The number of hydrogen-bond acceptors (Lipinski definition) is 2. The van der Waals surface area contributed by atoms with E-state index in [0.717, 1.165) is 43.4 Å². The van der Waals surface area contributed by atoms with E-state index in [4.69, 9.17) is 0 Å². The van der Waals surface area contributed by atoms with Crippen molar-refractivity contribution in [2.45, 2.75) is 77.2 Å². The molecule has 0 spiro atoms. The molecular formula is C23H37N3O2. The van der Waals surface area contributed by atoms with E-state index in [2.05, 4.69) is 17.1 Å². The average molecular weight is 388 g/mol. The van der Waals surface area contributed by atoms with Gasteiger partial charge in [-0.3, -0.25) is 4.79 Å². The van der Waals surface area contributed by atoms with Crippen molar-refractivity contribution in [1.82, 2.24) is 15.1 Å². The van der Waals surface area contributed by atoms with Gasteiger partial charge < -0.3 is 15.1 Å². The van der Waals surface area contributed by atoms with Gasteiger partial charge in [0, 0.05) is 32.2 Å². The number of carbonyl (C=O) groups excluding carboxylic acids is 2. The molecule has 5 nitrogen and oxygen atoms in total. The van der Waals surface area contributed by atoms with Crippen LogP contribution in [0.15, 0.2) is 0 Å². The van der Waals surface area contributed by atoms with Crippen LogP contribution in [-0.2, 0) is 4.79 Å². The molecule has 1 heterocycles. The molecule has 5 saturated carbocycles. The molecule has 6 rings (SSSR count).